The zero-order valence-electron chi connectivity index (χ0n) is 27.7. The van der Waals surface area contributed by atoms with Gasteiger partial charge in [-0.25, -0.2) is 0 Å². The topological polar surface area (TPSA) is 136 Å². The lowest BCUT2D eigenvalue weighted by Crippen LogP contribution is -2.61. The number of carbonyl (C=O) groups excluding carboxylic acids is 3. The SMILES string of the molecule is CC(C)(C)[C@H](NC(=O)c1cc2cc(C(F)(F)P(=O)(O)O)ccc2s1)C(=O)N1Cc2ccccc2CC1C(=O)N1CCOC(c2ccccc2)C1. The molecule has 0 radical (unpaired) electrons. The number of fused-ring (bicyclic) bond motifs is 2. The quantitative estimate of drug-likeness (QED) is 0.204. The molecule has 0 bridgehead atoms. The summed E-state index contributed by atoms with van der Waals surface area (Å²) in [5, 5.41) is 3.05. The second-order valence-electron chi connectivity index (χ2n) is 13.7. The zero-order valence-corrected chi connectivity index (χ0v) is 29.4. The minimum absolute atomic E-state index is 0.121. The molecule has 1 aromatic heterocycles. The van der Waals surface area contributed by atoms with Crippen LogP contribution in [0.5, 0.6) is 0 Å². The Hall–Kier alpha value is -4.00. The van der Waals surface area contributed by atoms with Crippen molar-refractivity contribution in [3.8, 4) is 0 Å². The molecule has 14 heteroatoms. The maximum Gasteiger partial charge on any atom is 0.399 e. The highest BCUT2D eigenvalue weighted by Gasteiger charge is 2.50. The summed E-state index contributed by atoms with van der Waals surface area (Å²) in [4.78, 5) is 64.4. The van der Waals surface area contributed by atoms with Gasteiger partial charge in [-0.2, -0.15) is 8.78 Å². The molecule has 4 aromatic rings. The van der Waals surface area contributed by atoms with E-state index in [1.807, 2.05) is 54.6 Å². The third-order valence-electron chi connectivity index (χ3n) is 9.21. The van der Waals surface area contributed by atoms with Crippen molar-refractivity contribution in [2.75, 3.05) is 19.7 Å². The first-order chi connectivity index (χ1) is 23.5. The van der Waals surface area contributed by atoms with Crippen LogP contribution in [0.15, 0.2) is 78.9 Å². The average Bonchev–Trinajstić information content (AvgIpc) is 3.53. The van der Waals surface area contributed by atoms with E-state index in [0.717, 1.165) is 40.2 Å². The van der Waals surface area contributed by atoms with Crippen LogP contribution in [0.25, 0.3) is 10.1 Å². The maximum absolute atomic E-state index is 14.6. The van der Waals surface area contributed by atoms with E-state index >= 15 is 0 Å². The number of rotatable bonds is 7. The molecular formula is C36H38F2N3O7PS. The van der Waals surface area contributed by atoms with Crippen molar-refractivity contribution in [3.63, 3.8) is 0 Å². The van der Waals surface area contributed by atoms with Gasteiger partial charge in [0.2, 0.25) is 11.8 Å². The Kier molecular flexibility index (Phi) is 9.75. The monoisotopic (exact) mass is 725 g/mol. The molecule has 2 aliphatic rings. The van der Waals surface area contributed by atoms with E-state index in [1.54, 1.807) is 30.6 Å². The first-order valence-electron chi connectivity index (χ1n) is 16.2. The third kappa shape index (κ3) is 7.11. The number of carbonyl (C=O) groups is 3. The van der Waals surface area contributed by atoms with E-state index in [2.05, 4.69) is 5.32 Å². The van der Waals surface area contributed by atoms with E-state index in [9.17, 15) is 37.5 Å². The van der Waals surface area contributed by atoms with Crippen molar-refractivity contribution in [2.45, 2.75) is 57.6 Å². The van der Waals surface area contributed by atoms with Gasteiger partial charge in [0.1, 0.15) is 18.2 Å². The number of benzene rings is 3. The molecule has 3 heterocycles. The number of halogens is 2. The first kappa shape index (κ1) is 35.8. The second kappa shape index (κ2) is 13.6. The van der Waals surface area contributed by atoms with Crippen molar-refractivity contribution in [2.24, 2.45) is 5.41 Å². The summed E-state index contributed by atoms with van der Waals surface area (Å²) in [6.45, 7) is 6.62. The number of ether oxygens (including phenoxy) is 1. The van der Waals surface area contributed by atoms with Gasteiger partial charge in [-0.3, -0.25) is 18.9 Å². The minimum atomic E-state index is -5.79. The van der Waals surface area contributed by atoms with Crippen molar-refractivity contribution >= 4 is 46.7 Å². The summed E-state index contributed by atoms with van der Waals surface area (Å²) in [7, 11) is -5.79. The second-order valence-corrected chi connectivity index (χ2v) is 16.5. The fraction of sp³-hybridized carbons (Fsp3) is 0.361. The largest absolute Gasteiger partial charge is 0.399 e. The van der Waals surface area contributed by atoms with Gasteiger partial charge in [0, 0.05) is 29.8 Å². The van der Waals surface area contributed by atoms with Crippen LogP contribution in [-0.4, -0.2) is 69.1 Å². The molecule has 2 unspecified atom stereocenters. The molecule has 264 valence electrons. The van der Waals surface area contributed by atoms with Gasteiger partial charge in [0.15, 0.2) is 0 Å². The number of hydrogen-bond acceptors (Lipinski definition) is 6. The van der Waals surface area contributed by atoms with Crippen LogP contribution in [0.3, 0.4) is 0 Å². The molecular weight excluding hydrogens is 687 g/mol. The zero-order chi connectivity index (χ0) is 36.0. The number of thiophene rings is 1. The summed E-state index contributed by atoms with van der Waals surface area (Å²) < 4.78 is 46.7. The Morgan fingerprint density at radius 2 is 1.66 bits per heavy atom. The van der Waals surface area contributed by atoms with Gasteiger partial charge in [-0.05, 0) is 45.7 Å². The van der Waals surface area contributed by atoms with Gasteiger partial charge in [0.25, 0.3) is 5.91 Å². The average molecular weight is 726 g/mol. The van der Waals surface area contributed by atoms with E-state index in [-0.39, 0.29) is 28.8 Å². The molecule has 0 saturated carbocycles. The predicted molar refractivity (Wildman–Crippen MR) is 185 cm³/mol. The summed E-state index contributed by atoms with van der Waals surface area (Å²) >= 11 is 0.997. The fourth-order valence-corrected chi connectivity index (χ4v) is 7.85. The highest BCUT2D eigenvalue weighted by molar-refractivity contribution is 7.52. The molecule has 3 atom stereocenters. The fourth-order valence-electron chi connectivity index (χ4n) is 6.43. The van der Waals surface area contributed by atoms with E-state index in [0.29, 0.717) is 30.8 Å². The third-order valence-corrected chi connectivity index (χ3v) is 11.3. The number of nitrogens with one attached hydrogen (secondary N) is 1. The Labute approximate surface area is 292 Å². The summed E-state index contributed by atoms with van der Waals surface area (Å²) in [5.74, 6) is -1.26. The van der Waals surface area contributed by atoms with Crippen molar-refractivity contribution in [1.29, 1.82) is 0 Å². The van der Waals surface area contributed by atoms with Crippen LogP contribution >= 0.6 is 18.9 Å². The van der Waals surface area contributed by atoms with E-state index in [4.69, 9.17) is 4.74 Å². The van der Waals surface area contributed by atoms with Gasteiger partial charge in [-0.15, -0.1) is 11.3 Å². The van der Waals surface area contributed by atoms with Crippen LogP contribution in [0.4, 0.5) is 8.78 Å². The highest BCUT2D eigenvalue weighted by Crippen LogP contribution is 2.59. The van der Waals surface area contributed by atoms with E-state index < -0.39 is 48.1 Å². The number of alkyl halides is 2. The summed E-state index contributed by atoms with van der Waals surface area (Å²) in [6, 6.07) is 19.9. The molecule has 10 nitrogen and oxygen atoms in total. The molecule has 0 spiro atoms. The van der Waals surface area contributed by atoms with Crippen molar-refractivity contribution in [3.05, 3.63) is 106 Å². The normalized spacial score (nSPS) is 19.2. The lowest BCUT2D eigenvalue weighted by Gasteiger charge is -2.43. The Morgan fingerprint density at radius 1 is 0.980 bits per heavy atom. The highest BCUT2D eigenvalue weighted by atomic mass is 32.1. The van der Waals surface area contributed by atoms with Gasteiger partial charge in [0.05, 0.1) is 18.0 Å². The maximum atomic E-state index is 14.6. The van der Waals surface area contributed by atoms with Gasteiger partial charge in [-0.1, -0.05) is 81.4 Å². The smallest absolute Gasteiger partial charge is 0.370 e. The Bertz CT molecular complexity index is 1980. The Morgan fingerprint density at radius 3 is 2.34 bits per heavy atom. The van der Waals surface area contributed by atoms with Crippen molar-refractivity contribution < 1.29 is 42.3 Å². The van der Waals surface area contributed by atoms with Crippen LogP contribution < -0.4 is 5.32 Å². The molecule has 3 N–H and O–H groups in total. The Balaban J connectivity index is 1.27. The number of nitrogens with zero attached hydrogens (tertiary/aromatic N) is 2. The lowest BCUT2D eigenvalue weighted by molar-refractivity contribution is -0.153. The summed E-state index contributed by atoms with van der Waals surface area (Å²) in [6.07, 6.45) is -0.00692. The molecule has 3 amide bonds. The first-order valence-corrected chi connectivity index (χ1v) is 18.6. The van der Waals surface area contributed by atoms with Crippen LogP contribution in [0.1, 0.15) is 58.8 Å². The summed E-state index contributed by atoms with van der Waals surface area (Å²) in [5.41, 5.74) is -3.25. The van der Waals surface area contributed by atoms with Crippen LogP contribution in [0.2, 0.25) is 0 Å². The molecule has 50 heavy (non-hydrogen) atoms. The molecule has 1 saturated heterocycles. The van der Waals surface area contributed by atoms with Gasteiger partial charge < -0.3 is 29.6 Å². The number of morpholine rings is 1. The molecule has 2 aliphatic heterocycles. The predicted octanol–water partition coefficient (Wildman–Crippen LogP) is 5.83. The minimum Gasteiger partial charge on any atom is -0.370 e. The molecule has 0 aliphatic carbocycles. The lowest BCUT2D eigenvalue weighted by atomic mass is 9.84. The van der Waals surface area contributed by atoms with E-state index in [1.165, 1.54) is 12.1 Å². The van der Waals surface area contributed by atoms with Crippen LogP contribution in [0, 0.1) is 5.41 Å². The van der Waals surface area contributed by atoms with Crippen LogP contribution in [-0.2, 0) is 37.5 Å². The van der Waals surface area contributed by atoms with Crippen molar-refractivity contribution in [1.82, 2.24) is 15.1 Å². The molecule has 6 rings (SSSR count). The molecule has 1 fully saturated rings. The van der Waals surface area contributed by atoms with Gasteiger partial charge >= 0.3 is 13.3 Å². The standard InChI is InChI=1S/C36H38F2N3O7PS/c1-35(2,3)31(39-32(42)30-19-25-17-26(13-14-29(25)50-30)36(37,38)49(45,46)47)34(44)41-20-24-12-8-7-11-23(24)18-27(41)33(43)40-15-16-48-28(21-40)22-9-5-4-6-10-22/h4-14,17,19,27-28,31H,15-16,18,20-21H2,1-3H3,(H,39,42)(H2,45,46,47)/t27?,28?,31-/m1/s1. The molecule has 3 aromatic carbocycles. The number of hydrogen-bond donors (Lipinski definition) is 3. The number of amides is 3.